The summed E-state index contributed by atoms with van der Waals surface area (Å²) in [6.07, 6.45) is 1.81. The number of nitrogens with one attached hydrogen (secondary N) is 2. The average Bonchev–Trinajstić information content (AvgIpc) is 3.30. The maximum Gasteiger partial charge on any atom is 0.251 e. The van der Waals surface area contributed by atoms with Gasteiger partial charge >= 0.3 is 0 Å². The smallest absolute Gasteiger partial charge is 0.251 e. The number of rotatable bonds is 9. The molecule has 0 spiro atoms. The number of nitrogens with zero attached hydrogens (tertiary/aromatic N) is 2. The van der Waals surface area contributed by atoms with Crippen LogP contribution in [-0.4, -0.2) is 44.7 Å². The summed E-state index contributed by atoms with van der Waals surface area (Å²) < 4.78 is 0. The number of carbonyl (C=O) groups is 1. The number of benzene rings is 2. The zero-order chi connectivity index (χ0) is 23.1. The Morgan fingerprint density at radius 2 is 2.03 bits per heavy atom. The maximum absolute atomic E-state index is 12.8. The predicted molar refractivity (Wildman–Crippen MR) is 139 cm³/mol. The van der Waals surface area contributed by atoms with Crippen LogP contribution in [0.3, 0.4) is 0 Å². The van der Waals surface area contributed by atoms with Gasteiger partial charge in [0.15, 0.2) is 0 Å². The van der Waals surface area contributed by atoms with Crippen molar-refractivity contribution in [1.29, 1.82) is 0 Å². The zero-order valence-corrected chi connectivity index (χ0v) is 19.5. The monoisotopic (exact) mass is 447 g/mol. The lowest BCUT2D eigenvalue weighted by Crippen LogP contribution is -2.20. The molecule has 4 N–H and O–H groups in total. The molecule has 0 atom stereocenters. The Morgan fingerprint density at radius 1 is 1.22 bits per heavy atom. The highest BCUT2D eigenvalue weighted by Gasteiger charge is 2.11. The minimum atomic E-state index is -0.219. The molecule has 0 radical (unpaired) electrons. The van der Waals surface area contributed by atoms with E-state index in [1.165, 1.54) is 0 Å². The van der Waals surface area contributed by atoms with Gasteiger partial charge in [-0.25, -0.2) is 0 Å². The van der Waals surface area contributed by atoms with Crippen molar-refractivity contribution in [2.24, 2.45) is 4.99 Å². The fourth-order valence-corrected chi connectivity index (χ4v) is 3.84. The van der Waals surface area contributed by atoms with E-state index in [9.17, 15) is 4.79 Å². The number of amides is 1. The molecule has 0 aliphatic carbocycles. The summed E-state index contributed by atoms with van der Waals surface area (Å²) in [6.45, 7) is 7.19. The second-order valence-corrected chi connectivity index (χ2v) is 8.67. The molecule has 0 bridgehead atoms. The highest BCUT2D eigenvalue weighted by Crippen LogP contribution is 2.31. The summed E-state index contributed by atoms with van der Waals surface area (Å²) in [6, 6.07) is 15.5. The zero-order valence-electron chi connectivity index (χ0n) is 18.7. The average molecular weight is 448 g/mol. The first kappa shape index (κ1) is 23.2. The van der Waals surface area contributed by atoms with E-state index in [1.807, 2.05) is 74.1 Å². The molecule has 3 rings (SSSR count). The molecule has 166 valence electrons. The van der Waals surface area contributed by atoms with Crippen LogP contribution in [0.15, 0.2) is 64.5 Å². The van der Waals surface area contributed by atoms with E-state index >= 15 is 0 Å². The van der Waals surface area contributed by atoms with E-state index in [0.29, 0.717) is 22.6 Å². The number of nitrogen functional groups attached to an aromatic ring is 1. The Morgan fingerprint density at radius 3 is 2.72 bits per heavy atom. The molecule has 1 aromatic heterocycles. The molecule has 1 heterocycles. The molecular formula is C25H29N5OS. The van der Waals surface area contributed by atoms with Crippen molar-refractivity contribution in [3.63, 3.8) is 0 Å². The van der Waals surface area contributed by atoms with E-state index in [2.05, 4.69) is 27.2 Å². The van der Waals surface area contributed by atoms with Crippen LogP contribution in [0.2, 0.25) is 0 Å². The number of hydrogen-bond acceptors (Lipinski definition) is 6. The van der Waals surface area contributed by atoms with Gasteiger partial charge in [0, 0.05) is 34.8 Å². The minimum Gasteiger partial charge on any atom is -0.397 e. The highest BCUT2D eigenvalue weighted by molar-refractivity contribution is 7.13. The third-order valence-corrected chi connectivity index (χ3v) is 5.85. The Hall–Kier alpha value is -3.42. The van der Waals surface area contributed by atoms with Crippen molar-refractivity contribution in [2.75, 3.05) is 43.6 Å². The first-order chi connectivity index (χ1) is 15.4. The van der Waals surface area contributed by atoms with Gasteiger partial charge in [0.1, 0.15) is 0 Å². The Balaban J connectivity index is 1.75. The minimum absolute atomic E-state index is 0.219. The van der Waals surface area contributed by atoms with Crippen LogP contribution in [0.4, 0.5) is 22.7 Å². The molecule has 0 saturated carbocycles. The summed E-state index contributed by atoms with van der Waals surface area (Å²) in [7, 11) is 4.07. The summed E-state index contributed by atoms with van der Waals surface area (Å²) in [5.74, 6) is -0.219. The van der Waals surface area contributed by atoms with E-state index in [-0.39, 0.29) is 5.91 Å². The van der Waals surface area contributed by atoms with Crippen molar-refractivity contribution in [2.45, 2.75) is 6.92 Å². The normalized spacial score (nSPS) is 11.4. The van der Waals surface area contributed by atoms with E-state index in [4.69, 9.17) is 5.73 Å². The van der Waals surface area contributed by atoms with Crippen LogP contribution in [0.1, 0.15) is 12.5 Å². The summed E-state index contributed by atoms with van der Waals surface area (Å²) in [5, 5.41) is 8.32. The molecule has 3 aromatic rings. The van der Waals surface area contributed by atoms with Crippen molar-refractivity contribution in [1.82, 2.24) is 4.90 Å². The molecule has 0 aliphatic heterocycles. The predicted octanol–water partition coefficient (Wildman–Crippen LogP) is 5.34. The second-order valence-electron chi connectivity index (χ2n) is 7.72. The molecular weight excluding hydrogens is 418 g/mol. The Bertz CT molecular complexity index is 1120. The second kappa shape index (κ2) is 10.7. The van der Waals surface area contributed by atoms with Gasteiger partial charge < -0.3 is 21.3 Å². The Labute approximate surface area is 193 Å². The summed E-state index contributed by atoms with van der Waals surface area (Å²) >= 11 is 1.64. The van der Waals surface area contributed by atoms with Crippen molar-refractivity contribution in [3.05, 3.63) is 65.0 Å². The van der Waals surface area contributed by atoms with Crippen LogP contribution >= 0.6 is 11.3 Å². The van der Waals surface area contributed by atoms with Gasteiger partial charge in [-0.15, -0.1) is 11.3 Å². The standard InChI is InChI=1S/C25H29N5OS/c1-17(14-18-7-9-20(16-22(18)27-2)28-11-12-30(3)4)25(31)29-23-15-19(8-10-21(23)26)24-6-5-13-32-24/h5-10,13-16,28H,2,11-12,26H2,1,3-4H3,(H,29,31)/b17-14+. The van der Waals surface area contributed by atoms with E-state index in [0.717, 1.165) is 34.8 Å². The van der Waals surface area contributed by atoms with Crippen molar-refractivity contribution in [3.8, 4) is 10.4 Å². The molecule has 6 nitrogen and oxygen atoms in total. The Kier molecular flexibility index (Phi) is 7.81. The van der Waals surface area contributed by atoms with Gasteiger partial charge in [-0.1, -0.05) is 18.2 Å². The fraction of sp³-hybridized carbons (Fsp3) is 0.200. The van der Waals surface area contributed by atoms with E-state index < -0.39 is 0 Å². The van der Waals surface area contributed by atoms with E-state index in [1.54, 1.807) is 18.3 Å². The lowest BCUT2D eigenvalue weighted by molar-refractivity contribution is -0.112. The summed E-state index contributed by atoms with van der Waals surface area (Å²) in [5.41, 5.74) is 11.3. The van der Waals surface area contributed by atoms with Crippen LogP contribution in [0.5, 0.6) is 0 Å². The SMILES string of the molecule is C=Nc1cc(NCCN(C)C)ccc1/C=C(\C)C(=O)Nc1cc(-c2cccs2)ccc1N. The molecule has 0 saturated heterocycles. The number of hydrogen-bond donors (Lipinski definition) is 3. The first-order valence-electron chi connectivity index (χ1n) is 10.3. The van der Waals surface area contributed by atoms with Crippen LogP contribution in [-0.2, 0) is 4.79 Å². The highest BCUT2D eigenvalue weighted by atomic mass is 32.1. The molecule has 2 aromatic carbocycles. The molecule has 1 amide bonds. The van der Waals surface area contributed by atoms with Gasteiger partial charge in [-0.05, 0) is 75.1 Å². The number of nitrogens with two attached hydrogens (primary N) is 1. The molecule has 0 fully saturated rings. The van der Waals surface area contributed by atoms with Crippen LogP contribution in [0.25, 0.3) is 16.5 Å². The molecule has 0 unspecified atom stereocenters. The number of aliphatic imine (C=N–C) groups is 1. The molecule has 32 heavy (non-hydrogen) atoms. The van der Waals surface area contributed by atoms with Gasteiger partial charge in [0.2, 0.25) is 0 Å². The lowest BCUT2D eigenvalue weighted by atomic mass is 10.1. The number of thiophene rings is 1. The third kappa shape index (κ3) is 6.06. The van der Waals surface area contributed by atoms with Gasteiger partial charge in [0.25, 0.3) is 5.91 Å². The van der Waals surface area contributed by atoms with Gasteiger partial charge in [-0.3, -0.25) is 9.79 Å². The van der Waals surface area contributed by atoms with Crippen molar-refractivity contribution >= 4 is 52.8 Å². The van der Waals surface area contributed by atoms with Crippen LogP contribution < -0.4 is 16.4 Å². The van der Waals surface area contributed by atoms with Crippen molar-refractivity contribution < 1.29 is 4.79 Å². The maximum atomic E-state index is 12.8. The molecule has 0 aliphatic rings. The molecule has 7 heteroatoms. The number of anilines is 3. The number of carbonyl (C=O) groups excluding carboxylic acids is 1. The van der Waals surface area contributed by atoms with Crippen LogP contribution in [0, 0.1) is 0 Å². The fourth-order valence-electron chi connectivity index (χ4n) is 3.12. The topological polar surface area (TPSA) is 82.8 Å². The number of likely N-dealkylation sites (N-methyl/N-ethyl adjacent to an activating group) is 1. The van der Waals surface area contributed by atoms with Gasteiger partial charge in [0.05, 0.1) is 17.1 Å². The quantitative estimate of drug-likeness (QED) is 0.235. The largest absolute Gasteiger partial charge is 0.397 e. The lowest BCUT2D eigenvalue weighted by Gasteiger charge is -2.13. The first-order valence-corrected chi connectivity index (χ1v) is 11.2. The third-order valence-electron chi connectivity index (χ3n) is 4.93. The summed E-state index contributed by atoms with van der Waals surface area (Å²) in [4.78, 5) is 20.2. The van der Waals surface area contributed by atoms with Gasteiger partial charge in [-0.2, -0.15) is 0 Å².